The van der Waals surface area contributed by atoms with Crippen LogP contribution in [0, 0.1) is 0 Å². The largest absolute Gasteiger partial charge is 0.489 e. The van der Waals surface area contributed by atoms with Gasteiger partial charge in [0.2, 0.25) is 0 Å². The third kappa shape index (κ3) is 4.31. The highest BCUT2D eigenvalue weighted by atomic mass is 19.1. The minimum absolute atomic E-state index is 0.0335. The normalized spacial score (nSPS) is 14.5. The van der Waals surface area contributed by atoms with Gasteiger partial charge < -0.3 is 9.64 Å². The van der Waals surface area contributed by atoms with E-state index in [0.717, 1.165) is 19.4 Å². The van der Waals surface area contributed by atoms with Crippen molar-refractivity contribution in [2.24, 2.45) is 0 Å². The van der Waals surface area contributed by atoms with E-state index < -0.39 is 0 Å². The van der Waals surface area contributed by atoms with E-state index in [1.54, 1.807) is 24.3 Å². The summed E-state index contributed by atoms with van der Waals surface area (Å²) in [5, 5.41) is 0. The van der Waals surface area contributed by atoms with Crippen LogP contribution in [-0.4, -0.2) is 24.0 Å². The maximum absolute atomic E-state index is 12.9. The number of hydrogen-bond donors (Lipinski definition) is 0. The monoisotopic (exact) mass is 353 g/mol. The number of amides is 1. The molecule has 1 heterocycles. The zero-order valence-corrected chi connectivity index (χ0v) is 15.1. The van der Waals surface area contributed by atoms with E-state index in [1.807, 2.05) is 17.9 Å². The van der Waals surface area contributed by atoms with E-state index in [0.29, 0.717) is 36.2 Å². The zero-order valence-electron chi connectivity index (χ0n) is 15.1. The summed E-state index contributed by atoms with van der Waals surface area (Å²) in [5.74, 6) is 0.668. The molecule has 3 nitrogen and oxygen atoms in total. The summed E-state index contributed by atoms with van der Waals surface area (Å²) in [5.41, 5.74) is 3.81. The van der Waals surface area contributed by atoms with E-state index in [-0.39, 0.29) is 12.5 Å². The molecule has 136 valence electrons. The highest BCUT2D eigenvalue weighted by molar-refractivity contribution is 5.94. The van der Waals surface area contributed by atoms with Crippen molar-refractivity contribution in [2.45, 2.75) is 32.7 Å². The second kappa shape index (κ2) is 8.65. The second-order valence-electron chi connectivity index (χ2n) is 6.53. The maximum Gasteiger partial charge on any atom is 0.254 e. The standard InChI is InChI=1S/C22H24FNO2/c1-2-17(14-23)16-26-21-11-9-19(10-12-21)22(25)24-13-5-8-18-6-3-4-7-20(18)15-24/h3-4,6-7,9-12,14H,2,5,8,13,15-16H2,1H3. The van der Waals surface area contributed by atoms with Crippen molar-refractivity contribution in [1.29, 1.82) is 0 Å². The summed E-state index contributed by atoms with van der Waals surface area (Å²) in [6.07, 6.45) is 3.19. The van der Waals surface area contributed by atoms with E-state index in [2.05, 4.69) is 18.2 Å². The van der Waals surface area contributed by atoms with Crippen LogP contribution in [0.5, 0.6) is 5.75 Å². The van der Waals surface area contributed by atoms with Crippen LogP contribution in [-0.2, 0) is 13.0 Å². The third-order valence-corrected chi connectivity index (χ3v) is 4.77. The highest BCUT2D eigenvalue weighted by Crippen LogP contribution is 2.21. The van der Waals surface area contributed by atoms with Crippen LogP contribution in [0.2, 0.25) is 0 Å². The number of benzene rings is 2. The average molecular weight is 353 g/mol. The number of fused-ring (bicyclic) bond motifs is 1. The molecule has 0 saturated carbocycles. The summed E-state index contributed by atoms with van der Waals surface area (Å²) in [6.45, 7) is 3.51. The van der Waals surface area contributed by atoms with Gasteiger partial charge in [-0.3, -0.25) is 4.79 Å². The molecule has 2 aromatic rings. The average Bonchev–Trinajstić information content (AvgIpc) is 2.91. The first kappa shape index (κ1) is 18.2. The summed E-state index contributed by atoms with van der Waals surface area (Å²) in [4.78, 5) is 14.8. The van der Waals surface area contributed by atoms with Crippen LogP contribution in [0.4, 0.5) is 4.39 Å². The fourth-order valence-corrected chi connectivity index (χ4v) is 3.14. The predicted molar refractivity (Wildman–Crippen MR) is 101 cm³/mol. The predicted octanol–water partition coefficient (Wildman–Crippen LogP) is 4.92. The first-order valence-electron chi connectivity index (χ1n) is 9.08. The third-order valence-electron chi connectivity index (χ3n) is 4.77. The highest BCUT2D eigenvalue weighted by Gasteiger charge is 2.20. The van der Waals surface area contributed by atoms with E-state index in [4.69, 9.17) is 4.74 Å². The van der Waals surface area contributed by atoms with Crippen molar-refractivity contribution < 1.29 is 13.9 Å². The Morgan fingerprint density at radius 3 is 2.58 bits per heavy atom. The van der Waals surface area contributed by atoms with Crippen LogP contribution in [0.1, 0.15) is 41.3 Å². The van der Waals surface area contributed by atoms with Crippen LogP contribution in [0.25, 0.3) is 0 Å². The van der Waals surface area contributed by atoms with E-state index in [9.17, 15) is 9.18 Å². The van der Waals surface area contributed by atoms with Crippen LogP contribution >= 0.6 is 0 Å². The molecule has 0 N–H and O–H groups in total. The first-order valence-corrected chi connectivity index (χ1v) is 9.08. The number of hydrogen-bond acceptors (Lipinski definition) is 2. The van der Waals surface area contributed by atoms with Crippen LogP contribution < -0.4 is 4.74 Å². The quantitative estimate of drug-likeness (QED) is 0.764. The van der Waals surface area contributed by atoms with Gasteiger partial charge in [-0.2, -0.15) is 0 Å². The maximum atomic E-state index is 12.9. The number of ether oxygens (including phenoxy) is 1. The van der Waals surface area contributed by atoms with Crippen molar-refractivity contribution in [1.82, 2.24) is 4.90 Å². The molecule has 1 aliphatic heterocycles. The molecular weight excluding hydrogens is 329 g/mol. The molecule has 1 aliphatic rings. The zero-order chi connectivity index (χ0) is 18.4. The van der Waals surface area contributed by atoms with Gasteiger partial charge in [-0.1, -0.05) is 31.2 Å². The van der Waals surface area contributed by atoms with Gasteiger partial charge >= 0.3 is 0 Å². The Labute approximate surface area is 154 Å². The van der Waals surface area contributed by atoms with Gasteiger partial charge in [-0.05, 0) is 60.2 Å². The van der Waals surface area contributed by atoms with Crippen molar-refractivity contribution in [3.63, 3.8) is 0 Å². The van der Waals surface area contributed by atoms with Crippen molar-refractivity contribution in [3.8, 4) is 5.75 Å². The lowest BCUT2D eigenvalue weighted by Crippen LogP contribution is -2.30. The fraction of sp³-hybridized carbons (Fsp3) is 0.318. The Bertz CT molecular complexity index is 783. The Morgan fingerprint density at radius 1 is 1.15 bits per heavy atom. The van der Waals surface area contributed by atoms with Crippen molar-refractivity contribution >= 4 is 5.91 Å². The lowest BCUT2D eigenvalue weighted by Gasteiger charge is -2.21. The molecule has 2 aromatic carbocycles. The second-order valence-corrected chi connectivity index (χ2v) is 6.53. The molecular formula is C22H24FNO2. The molecule has 0 atom stereocenters. The molecule has 0 bridgehead atoms. The fourth-order valence-electron chi connectivity index (χ4n) is 3.14. The van der Waals surface area contributed by atoms with Gasteiger partial charge in [0.25, 0.3) is 5.91 Å². The van der Waals surface area contributed by atoms with Gasteiger partial charge in [0, 0.05) is 18.7 Å². The molecule has 1 amide bonds. The van der Waals surface area contributed by atoms with Gasteiger partial charge in [0.15, 0.2) is 0 Å². The van der Waals surface area contributed by atoms with E-state index in [1.165, 1.54) is 11.1 Å². The lowest BCUT2D eigenvalue weighted by molar-refractivity contribution is 0.0746. The number of halogens is 1. The summed E-state index contributed by atoms with van der Waals surface area (Å²) < 4.78 is 18.1. The van der Waals surface area contributed by atoms with Gasteiger partial charge in [0.1, 0.15) is 12.4 Å². The molecule has 4 heteroatoms. The number of rotatable bonds is 5. The van der Waals surface area contributed by atoms with Crippen molar-refractivity contribution in [3.05, 3.63) is 77.1 Å². The van der Waals surface area contributed by atoms with E-state index >= 15 is 0 Å². The lowest BCUT2D eigenvalue weighted by atomic mass is 10.0. The molecule has 0 spiro atoms. The first-order chi connectivity index (χ1) is 12.7. The molecule has 0 aromatic heterocycles. The van der Waals surface area contributed by atoms with Gasteiger partial charge in [-0.15, -0.1) is 0 Å². The Kier molecular flexibility index (Phi) is 6.05. The number of nitrogens with zero attached hydrogens (tertiary/aromatic N) is 1. The summed E-state index contributed by atoms with van der Waals surface area (Å²) in [7, 11) is 0. The molecule has 3 rings (SSSR count). The summed E-state index contributed by atoms with van der Waals surface area (Å²) >= 11 is 0. The Balaban J connectivity index is 1.66. The van der Waals surface area contributed by atoms with Gasteiger partial charge in [0.05, 0.1) is 6.33 Å². The van der Waals surface area contributed by atoms with Gasteiger partial charge in [-0.25, -0.2) is 4.39 Å². The Morgan fingerprint density at radius 2 is 1.88 bits per heavy atom. The molecule has 0 unspecified atom stereocenters. The molecule has 0 fully saturated rings. The Hall–Kier alpha value is -2.62. The smallest absolute Gasteiger partial charge is 0.254 e. The number of carbonyl (C=O) groups excluding carboxylic acids is 1. The minimum Gasteiger partial charge on any atom is -0.489 e. The molecule has 0 aliphatic carbocycles. The SMILES string of the molecule is CCC(=CF)COc1ccc(C(=O)N2CCCc3ccccc3C2)cc1. The van der Waals surface area contributed by atoms with Crippen LogP contribution in [0.15, 0.2) is 60.4 Å². The molecule has 26 heavy (non-hydrogen) atoms. The topological polar surface area (TPSA) is 29.5 Å². The molecule has 0 saturated heterocycles. The summed E-state index contributed by atoms with van der Waals surface area (Å²) in [6, 6.07) is 15.4. The van der Waals surface area contributed by atoms with Crippen molar-refractivity contribution in [2.75, 3.05) is 13.2 Å². The number of aryl methyl sites for hydroxylation is 1. The van der Waals surface area contributed by atoms with Crippen LogP contribution in [0.3, 0.4) is 0 Å². The molecule has 0 radical (unpaired) electrons. The number of carbonyl (C=O) groups is 1. The minimum atomic E-state index is 0.0335.